The molecule has 12 heteroatoms. The molecule has 1 N–H and O–H groups in total. The Kier molecular flexibility index (Phi) is 5.49. The molecule has 180 valence electrons. The van der Waals surface area contributed by atoms with Crippen LogP contribution in [-0.2, 0) is 4.79 Å². The van der Waals surface area contributed by atoms with Gasteiger partial charge < -0.3 is 14.8 Å². The lowest BCUT2D eigenvalue weighted by Gasteiger charge is -2.34. The van der Waals surface area contributed by atoms with Crippen molar-refractivity contribution in [3.05, 3.63) is 71.9 Å². The summed E-state index contributed by atoms with van der Waals surface area (Å²) in [5, 5.41) is 10.5. The molecule has 10 nitrogen and oxygen atoms in total. The number of halogens is 1. The second-order valence-electron chi connectivity index (χ2n) is 8.22. The molecule has 0 spiro atoms. The van der Waals surface area contributed by atoms with Gasteiger partial charge in [-0.25, -0.2) is 19.0 Å². The monoisotopic (exact) mass is 502 g/mol. The van der Waals surface area contributed by atoms with Gasteiger partial charge in [-0.2, -0.15) is 0 Å². The number of carbonyl (C=O) groups excluding carboxylic acids is 2. The first-order valence-corrected chi connectivity index (χ1v) is 12.1. The van der Waals surface area contributed by atoms with Gasteiger partial charge in [0.1, 0.15) is 0 Å². The Hall–Kier alpha value is -4.45. The fourth-order valence-corrected chi connectivity index (χ4v) is 5.17. The molecule has 1 saturated heterocycles. The highest BCUT2D eigenvalue weighted by Crippen LogP contribution is 2.29. The fraction of sp³-hybridized carbons (Fsp3) is 0.167. The van der Waals surface area contributed by atoms with Crippen molar-refractivity contribution in [2.75, 3.05) is 31.1 Å². The van der Waals surface area contributed by atoms with Crippen LogP contribution in [0.4, 0.5) is 9.52 Å². The zero-order valence-electron chi connectivity index (χ0n) is 18.8. The minimum absolute atomic E-state index is 0.00344. The number of benzene rings is 1. The number of rotatable bonds is 5. The predicted molar refractivity (Wildman–Crippen MR) is 132 cm³/mol. The van der Waals surface area contributed by atoms with Crippen molar-refractivity contribution in [2.45, 2.75) is 0 Å². The van der Waals surface area contributed by atoms with E-state index in [-0.39, 0.29) is 22.3 Å². The number of thiazole rings is 1. The summed E-state index contributed by atoms with van der Waals surface area (Å²) in [7, 11) is 0. The van der Waals surface area contributed by atoms with Gasteiger partial charge in [0.25, 0.3) is 11.7 Å². The molecule has 1 fully saturated rings. The largest absolute Gasteiger partial charge is 0.357 e. The number of carbonyl (C=O) groups is 2. The minimum atomic E-state index is -0.773. The maximum Gasteiger partial charge on any atom is 0.295 e. The number of aromatic nitrogens is 6. The standard InChI is InChI=1S/C24H19FN8O2S/c25-17-13-27-22(33-7-6-28-30-33)20-19(17)16(12-26-20)21(34)23(35)31-8-10-32(11-9-31)24-29-18(14-36-24)15-4-2-1-3-5-15/h1-7,12-14,26H,8-11H2. The number of ketones is 1. The third-order valence-electron chi connectivity index (χ3n) is 6.12. The summed E-state index contributed by atoms with van der Waals surface area (Å²) in [5.41, 5.74) is 2.18. The van der Waals surface area contributed by atoms with Crippen LogP contribution in [0.25, 0.3) is 28.0 Å². The van der Waals surface area contributed by atoms with Crippen LogP contribution in [0.2, 0.25) is 0 Å². The molecule has 6 rings (SSSR count). The third-order valence-corrected chi connectivity index (χ3v) is 7.02. The summed E-state index contributed by atoms with van der Waals surface area (Å²) in [4.78, 5) is 41.4. The van der Waals surface area contributed by atoms with Crippen molar-refractivity contribution in [1.29, 1.82) is 0 Å². The van der Waals surface area contributed by atoms with Crippen LogP contribution in [0.5, 0.6) is 0 Å². The maximum absolute atomic E-state index is 14.7. The van der Waals surface area contributed by atoms with E-state index in [2.05, 4.69) is 25.2 Å². The number of nitrogens with zero attached hydrogens (tertiary/aromatic N) is 7. The predicted octanol–water partition coefficient (Wildman–Crippen LogP) is 2.94. The normalized spacial score (nSPS) is 13.9. The van der Waals surface area contributed by atoms with Gasteiger partial charge in [-0.15, -0.1) is 16.4 Å². The van der Waals surface area contributed by atoms with Gasteiger partial charge in [-0.1, -0.05) is 35.5 Å². The van der Waals surface area contributed by atoms with E-state index in [1.165, 1.54) is 22.0 Å². The summed E-state index contributed by atoms with van der Waals surface area (Å²) in [5.74, 6) is -1.86. The fourth-order valence-electron chi connectivity index (χ4n) is 4.28. The Labute approximate surface area is 208 Å². The zero-order valence-corrected chi connectivity index (χ0v) is 19.7. The lowest BCUT2D eigenvalue weighted by atomic mass is 10.1. The van der Waals surface area contributed by atoms with Crippen LogP contribution in [0.15, 0.2) is 60.5 Å². The van der Waals surface area contributed by atoms with Crippen LogP contribution in [0.1, 0.15) is 10.4 Å². The first kappa shape index (κ1) is 22.0. The van der Waals surface area contributed by atoms with Crippen molar-refractivity contribution in [1.82, 2.24) is 34.8 Å². The average molecular weight is 503 g/mol. The van der Waals surface area contributed by atoms with Crippen LogP contribution < -0.4 is 4.90 Å². The van der Waals surface area contributed by atoms with Crippen LogP contribution in [-0.4, -0.2) is 72.7 Å². The second kappa shape index (κ2) is 8.96. The summed E-state index contributed by atoms with van der Waals surface area (Å²) < 4.78 is 16.1. The number of fused-ring (bicyclic) bond motifs is 1. The Balaban J connectivity index is 1.18. The SMILES string of the molecule is O=C(C(=O)N1CCN(c2nc(-c3ccccc3)cs2)CC1)c1c[nH]c2c(-n3ccnn3)ncc(F)c12. The van der Waals surface area contributed by atoms with Crippen molar-refractivity contribution < 1.29 is 14.0 Å². The van der Waals surface area contributed by atoms with E-state index in [1.807, 2.05) is 35.7 Å². The number of piperazine rings is 1. The van der Waals surface area contributed by atoms with Crippen LogP contribution >= 0.6 is 11.3 Å². The van der Waals surface area contributed by atoms with E-state index < -0.39 is 17.5 Å². The number of nitrogens with one attached hydrogen (secondary N) is 1. The first-order chi connectivity index (χ1) is 17.6. The summed E-state index contributed by atoms with van der Waals surface area (Å²) in [6.07, 6.45) is 5.36. The third kappa shape index (κ3) is 3.81. The van der Waals surface area contributed by atoms with Gasteiger partial charge in [0.2, 0.25) is 0 Å². The van der Waals surface area contributed by atoms with Crippen molar-refractivity contribution in [2.24, 2.45) is 0 Å². The van der Waals surface area contributed by atoms with E-state index >= 15 is 0 Å². The number of Topliss-reactive ketones (excluding diaryl/α,β-unsaturated/α-hetero) is 1. The van der Waals surface area contributed by atoms with Gasteiger partial charge >= 0.3 is 0 Å². The molecule has 36 heavy (non-hydrogen) atoms. The van der Waals surface area contributed by atoms with Gasteiger partial charge in [0, 0.05) is 43.3 Å². The number of anilines is 1. The molecule has 0 radical (unpaired) electrons. The summed E-state index contributed by atoms with van der Waals surface area (Å²) >= 11 is 1.55. The van der Waals surface area contributed by atoms with Crippen molar-refractivity contribution >= 4 is 39.1 Å². The molecule has 1 aromatic carbocycles. The van der Waals surface area contributed by atoms with E-state index in [0.29, 0.717) is 26.2 Å². The maximum atomic E-state index is 14.7. The Morgan fingerprint density at radius 1 is 1.08 bits per heavy atom. The van der Waals surface area contributed by atoms with Crippen LogP contribution in [0, 0.1) is 5.82 Å². The lowest BCUT2D eigenvalue weighted by Crippen LogP contribution is -2.50. The molecule has 0 saturated carbocycles. The number of pyridine rings is 1. The van der Waals surface area contributed by atoms with E-state index in [1.54, 1.807) is 17.5 Å². The highest BCUT2D eigenvalue weighted by molar-refractivity contribution is 7.14. The quantitative estimate of drug-likeness (QED) is 0.290. The first-order valence-electron chi connectivity index (χ1n) is 11.2. The van der Waals surface area contributed by atoms with Gasteiger partial charge in [0.05, 0.1) is 40.8 Å². The molecular weight excluding hydrogens is 483 g/mol. The van der Waals surface area contributed by atoms with Crippen molar-refractivity contribution in [3.63, 3.8) is 0 Å². The molecule has 5 heterocycles. The molecular formula is C24H19FN8O2S. The average Bonchev–Trinajstić information content (AvgIpc) is 3.70. The van der Waals surface area contributed by atoms with Crippen LogP contribution in [0.3, 0.4) is 0 Å². The molecule has 0 atom stereocenters. The number of amides is 1. The molecule has 0 bridgehead atoms. The van der Waals surface area contributed by atoms with E-state index in [9.17, 15) is 14.0 Å². The molecule has 1 aliphatic heterocycles. The molecule has 0 aliphatic carbocycles. The Morgan fingerprint density at radius 2 is 1.89 bits per heavy atom. The highest BCUT2D eigenvalue weighted by Gasteiger charge is 2.30. The van der Waals surface area contributed by atoms with Crippen molar-refractivity contribution in [3.8, 4) is 17.1 Å². The van der Waals surface area contributed by atoms with E-state index in [4.69, 9.17) is 4.98 Å². The summed E-state index contributed by atoms with van der Waals surface area (Å²) in [6.45, 7) is 1.82. The Bertz CT molecular complexity index is 1560. The zero-order chi connectivity index (χ0) is 24.6. The van der Waals surface area contributed by atoms with Gasteiger partial charge in [-0.3, -0.25) is 9.59 Å². The number of H-pyrrole nitrogens is 1. The molecule has 1 aliphatic rings. The smallest absolute Gasteiger partial charge is 0.295 e. The number of hydrogen-bond acceptors (Lipinski definition) is 8. The molecule has 4 aromatic heterocycles. The number of aromatic amines is 1. The molecule has 0 unspecified atom stereocenters. The highest BCUT2D eigenvalue weighted by atomic mass is 32.1. The second-order valence-corrected chi connectivity index (χ2v) is 9.06. The Morgan fingerprint density at radius 3 is 2.64 bits per heavy atom. The topological polar surface area (TPSA) is 113 Å². The molecule has 5 aromatic rings. The minimum Gasteiger partial charge on any atom is -0.357 e. The number of hydrogen-bond donors (Lipinski definition) is 1. The molecule has 1 amide bonds. The van der Waals surface area contributed by atoms with Gasteiger partial charge in [-0.05, 0) is 0 Å². The van der Waals surface area contributed by atoms with E-state index in [0.717, 1.165) is 22.6 Å². The lowest BCUT2D eigenvalue weighted by molar-refractivity contribution is -0.126. The van der Waals surface area contributed by atoms with Gasteiger partial charge in [0.15, 0.2) is 16.8 Å². The summed E-state index contributed by atoms with van der Waals surface area (Å²) in [6, 6.07) is 9.94.